The highest BCUT2D eigenvalue weighted by molar-refractivity contribution is 5.73. The van der Waals surface area contributed by atoms with Crippen LogP contribution in [0.4, 0.5) is 4.39 Å². The van der Waals surface area contributed by atoms with Gasteiger partial charge in [-0.2, -0.15) is 0 Å². The van der Waals surface area contributed by atoms with Gasteiger partial charge in [-0.25, -0.2) is 4.39 Å². The largest absolute Gasteiger partial charge is 0.466 e. The predicted molar refractivity (Wildman–Crippen MR) is 77.7 cm³/mol. The molecule has 1 aromatic carbocycles. The molecule has 112 valence electrons. The summed E-state index contributed by atoms with van der Waals surface area (Å²) in [4.78, 5) is 12.0. The normalized spacial score (nSPS) is 13.8. The van der Waals surface area contributed by atoms with Crippen molar-refractivity contribution in [3.05, 3.63) is 35.6 Å². The van der Waals surface area contributed by atoms with E-state index >= 15 is 0 Å². The number of carbonyl (C=O) groups is 1. The molecule has 0 amide bonds. The fourth-order valence-electron chi connectivity index (χ4n) is 2.21. The number of esters is 1. The fourth-order valence-corrected chi connectivity index (χ4v) is 2.21. The van der Waals surface area contributed by atoms with Crippen LogP contribution in [0.1, 0.15) is 38.7 Å². The van der Waals surface area contributed by atoms with Gasteiger partial charge in [0.1, 0.15) is 5.82 Å². The van der Waals surface area contributed by atoms with E-state index in [1.54, 1.807) is 19.1 Å². The maximum absolute atomic E-state index is 12.9. The van der Waals surface area contributed by atoms with Gasteiger partial charge < -0.3 is 10.5 Å². The Bertz CT molecular complexity index is 405. The molecule has 4 heteroatoms. The Balaban J connectivity index is 2.68. The third kappa shape index (κ3) is 5.29. The summed E-state index contributed by atoms with van der Waals surface area (Å²) >= 11 is 0. The SMILES string of the molecule is CCCC[C@H](C(=O)OCC)[C@H](N)Cc1ccc(F)cc1. The van der Waals surface area contributed by atoms with Crippen LogP contribution in [-0.2, 0) is 16.0 Å². The average Bonchev–Trinajstić information content (AvgIpc) is 2.42. The summed E-state index contributed by atoms with van der Waals surface area (Å²) in [5.41, 5.74) is 7.10. The Morgan fingerprint density at radius 2 is 1.95 bits per heavy atom. The van der Waals surface area contributed by atoms with Gasteiger partial charge in [0, 0.05) is 6.04 Å². The second-order valence-electron chi connectivity index (χ2n) is 5.00. The molecule has 0 heterocycles. The zero-order valence-electron chi connectivity index (χ0n) is 12.3. The van der Waals surface area contributed by atoms with Gasteiger partial charge in [0.25, 0.3) is 0 Å². The molecule has 0 saturated carbocycles. The number of hydrogen-bond donors (Lipinski definition) is 1. The van der Waals surface area contributed by atoms with Crippen LogP contribution < -0.4 is 5.73 Å². The lowest BCUT2D eigenvalue weighted by atomic mass is 9.90. The van der Waals surface area contributed by atoms with Crippen molar-refractivity contribution in [2.75, 3.05) is 6.61 Å². The average molecular weight is 281 g/mol. The first kappa shape index (κ1) is 16.6. The van der Waals surface area contributed by atoms with E-state index in [4.69, 9.17) is 10.5 Å². The van der Waals surface area contributed by atoms with E-state index in [1.165, 1.54) is 12.1 Å². The molecule has 20 heavy (non-hydrogen) atoms. The minimum Gasteiger partial charge on any atom is -0.466 e. The molecule has 2 N–H and O–H groups in total. The molecule has 0 fully saturated rings. The zero-order valence-corrected chi connectivity index (χ0v) is 12.3. The van der Waals surface area contributed by atoms with Crippen LogP contribution in [-0.4, -0.2) is 18.6 Å². The molecule has 0 aliphatic heterocycles. The van der Waals surface area contributed by atoms with Crippen molar-refractivity contribution in [1.82, 2.24) is 0 Å². The van der Waals surface area contributed by atoms with Gasteiger partial charge in [0.05, 0.1) is 12.5 Å². The van der Waals surface area contributed by atoms with E-state index in [2.05, 4.69) is 6.92 Å². The van der Waals surface area contributed by atoms with Gasteiger partial charge in [-0.1, -0.05) is 31.9 Å². The lowest BCUT2D eigenvalue weighted by Gasteiger charge is -2.22. The van der Waals surface area contributed by atoms with Gasteiger partial charge >= 0.3 is 5.97 Å². The first-order chi connectivity index (χ1) is 9.58. The van der Waals surface area contributed by atoms with Crippen LogP contribution in [0.25, 0.3) is 0 Å². The van der Waals surface area contributed by atoms with E-state index < -0.39 is 0 Å². The molecule has 0 spiro atoms. The topological polar surface area (TPSA) is 52.3 Å². The number of nitrogens with two attached hydrogens (primary N) is 1. The number of carbonyl (C=O) groups excluding carboxylic acids is 1. The van der Waals surface area contributed by atoms with Crippen LogP contribution in [0.15, 0.2) is 24.3 Å². The van der Waals surface area contributed by atoms with E-state index in [0.717, 1.165) is 24.8 Å². The molecule has 0 radical (unpaired) electrons. The van der Waals surface area contributed by atoms with Crippen LogP contribution >= 0.6 is 0 Å². The minimum atomic E-state index is -0.300. The van der Waals surface area contributed by atoms with Crippen molar-refractivity contribution < 1.29 is 13.9 Å². The van der Waals surface area contributed by atoms with Crippen LogP contribution in [0.3, 0.4) is 0 Å². The molecular weight excluding hydrogens is 257 g/mol. The molecule has 0 saturated heterocycles. The van der Waals surface area contributed by atoms with Crippen LogP contribution in [0.2, 0.25) is 0 Å². The lowest BCUT2D eigenvalue weighted by molar-refractivity contribution is -0.149. The monoisotopic (exact) mass is 281 g/mol. The highest BCUT2D eigenvalue weighted by atomic mass is 19.1. The third-order valence-electron chi connectivity index (χ3n) is 3.36. The quantitative estimate of drug-likeness (QED) is 0.745. The second kappa shape index (κ2) is 8.69. The van der Waals surface area contributed by atoms with Crippen molar-refractivity contribution in [3.8, 4) is 0 Å². The first-order valence-electron chi connectivity index (χ1n) is 7.25. The lowest BCUT2D eigenvalue weighted by Crippen LogP contribution is -2.38. The Kier molecular flexibility index (Phi) is 7.23. The maximum Gasteiger partial charge on any atom is 0.310 e. The first-order valence-corrected chi connectivity index (χ1v) is 7.25. The van der Waals surface area contributed by atoms with E-state index in [-0.39, 0.29) is 23.7 Å². The van der Waals surface area contributed by atoms with E-state index in [0.29, 0.717) is 13.0 Å². The highest BCUT2D eigenvalue weighted by Gasteiger charge is 2.26. The van der Waals surface area contributed by atoms with Crippen LogP contribution in [0, 0.1) is 11.7 Å². The number of halogens is 1. The molecule has 1 rings (SSSR count). The van der Waals surface area contributed by atoms with Crippen molar-refractivity contribution in [2.24, 2.45) is 11.7 Å². The number of benzene rings is 1. The summed E-state index contributed by atoms with van der Waals surface area (Å²) < 4.78 is 18.0. The molecule has 3 nitrogen and oxygen atoms in total. The number of ether oxygens (including phenoxy) is 1. The number of rotatable bonds is 8. The van der Waals surface area contributed by atoms with Gasteiger partial charge in [0.15, 0.2) is 0 Å². The Morgan fingerprint density at radius 3 is 2.50 bits per heavy atom. The van der Waals surface area contributed by atoms with Crippen molar-refractivity contribution in [1.29, 1.82) is 0 Å². The van der Waals surface area contributed by atoms with Gasteiger partial charge in [-0.05, 0) is 37.5 Å². The second-order valence-corrected chi connectivity index (χ2v) is 5.00. The van der Waals surface area contributed by atoms with E-state index in [1.807, 2.05) is 0 Å². The van der Waals surface area contributed by atoms with Crippen molar-refractivity contribution in [3.63, 3.8) is 0 Å². The fraction of sp³-hybridized carbons (Fsp3) is 0.562. The van der Waals surface area contributed by atoms with Crippen molar-refractivity contribution >= 4 is 5.97 Å². The summed E-state index contributed by atoms with van der Waals surface area (Å²) in [7, 11) is 0. The highest BCUT2D eigenvalue weighted by Crippen LogP contribution is 2.18. The molecule has 1 aromatic rings. The Morgan fingerprint density at radius 1 is 1.30 bits per heavy atom. The molecule has 0 aliphatic rings. The molecule has 0 unspecified atom stereocenters. The smallest absolute Gasteiger partial charge is 0.310 e. The summed E-state index contributed by atoms with van der Waals surface area (Å²) in [6, 6.07) is 5.93. The predicted octanol–water partition coefficient (Wildman–Crippen LogP) is 3.07. The number of unbranched alkanes of at least 4 members (excludes halogenated alkanes) is 1. The summed E-state index contributed by atoms with van der Waals surface area (Å²) in [5, 5.41) is 0. The third-order valence-corrected chi connectivity index (χ3v) is 3.36. The van der Waals surface area contributed by atoms with Crippen LogP contribution in [0.5, 0.6) is 0 Å². The number of hydrogen-bond acceptors (Lipinski definition) is 3. The molecule has 0 bridgehead atoms. The molecule has 0 aliphatic carbocycles. The maximum atomic E-state index is 12.9. The van der Waals surface area contributed by atoms with Gasteiger partial charge in [0.2, 0.25) is 0 Å². The minimum absolute atomic E-state index is 0.226. The van der Waals surface area contributed by atoms with E-state index in [9.17, 15) is 9.18 Å². The Labute approximate surface area is 120 Å². The Hall–Kier alpha value is -1.42. The zero-order chi connectivity index (χ0) is 15.0. The van der Waals surface area contributed by atoms with Gasteiger partial charge in [-0.3, -0.25) is 4.79 Å². The molecular formula is C16H24FNO2. The molecule has 2 atom stereocenters. The van der Waals surface area contributed by atoms with Gasteiger partial charge in [-0.15, -0.1) is 0 Å². The summed E-state index contributed by atoms with van der Waals surface area (Å²) in [5.74, 6) is -0.786. The van der Waals surface area contributed by atoms with Crippen molar-refractivity contribution in [2.45, 2.75) is 45.6 Å². The standard InChI is InChI=1S/C16H24FNO2/c1-3-5-6-14(16(19)20-4-2)15(18)11-12-7-9-13(17)10-8-12/h7-10,14-15H,3-6,11,18H2,1-2H3/t14-,15+/m0/s1. The summed E-state index contributed by atoms with van der Waals surface area (Å²) in [6.45, 7) is 4.23. The summed E-state index contributed by atoms with van der Waals surface area (Å²) in [6.07, 6.45) is 3.24. The molecule has 0 aromatic heterocycles.